The van der Waals surface area contributed by atoms with Crippen molar-refractivity contribution in [2.45, 2.75) is 6.54 Å². The average molecular weight is 296 g/mol. The van der Waals surface area contributed by atoms with Crippen molar-refractivity contribution in [3.05, 3.63) is 39.0 Å². The van der Waals surface area contributed by atoms with Gasteiger partial charge in [0.15, 0.2) is 0 Å². The molecule has 3 N–H and O–H groups in total. The SMILES string of the molecule is Nc1c(NCc2ccc(Cl)s2)ccc2scnc12. The molecule has 2 heterocycles. The van der Waals surface area contributed by atoms with E-state index < -0.39 is 0 Å². The van der Waals surface area contributed by atoms with E-state index in [4.69, 9.17) is 17.3 Å². The first kappa shape index (κ1) is 11.8. The van der Waals surface area contributed by atoms with Crippen LogP contribution in [0, 0.1) is 0 Å². The fraction of sp³-hybridized carbons (Fsp3) is 0.0833. The number of aromatic nitrogens is 1. The number of nitrogens with zero attached hydrogens (tertiary/aromatic N) is 1. The van der Waals surface area contributed by atoms with Crippen LogP contribution < -0.4 is 11.1 Å². The maximum Gasteiger partial charge on any atom is 0.106 e. The van der Waals surface area contributed by atoms with Crippen molar-refractivity contribution in [1.29, 1.82) is 0 Å². The normalized spacial score (nSPS) is 10.9. The first-order chi connectivity index (χ1) is 8.74. The molecule has 0 aliphatic heterocycles. The Kier molecular flexibility index (Phi) is 3.11. The molecule has 0 saturated carbocycles. The molecule has 92 valence electrons. The fourth-order valence-corrected chi connectivity index (χ4v) is 3.46. The number of nitrogens with two attached hydrogens (primary N) is 1. The highest BCUT2D eigenvalue weighted by atomic mass is 35.5. The summed E-state index contributed by atoms with van der Waals surface area (Å²) < 4.78 is 1.91. The Bertz CT molecular complexity index is 690. The number of thiophene rings is 1. The number of halogens is 1. The smallest absolute Gasteiger partial charge is 0.106 e. The molecule has 1 aromatic carbocycles. The second-order valence-electron chi connectivity index (χ2n) is 3.79. The van der Waals surface area contributed by atoms with Crippen molar-refractivity contribution in [1.82, 2.24) is 4.98 Å². The van der Waals surface area contributed by atoms with Gasteiger partial charge in [-0.3, -0.25) is 0 Å². The summed E-state index contributed by atoms with van der Waals surface area (Å²) in [6, 6.07) is 7.94. The summed E-state index contributed by atoms with van der Waals surface area (Å²) in [5.41, 5.74) is 10.4. The Morgan fingerprint density at radius 2 is 2.17 bits per heavy atom. The van der Waals surface area contributed by atoms with Gasteiger partial charge in [-0.25, -0.2) is 4.98 Å². The maximum absolute atomic E-state index is 6.09. The molecular formula is C12H10ClN3S2. The third kappa shape index (κ3) is 2.16. The van der Waals surface area contributed by atoms with Crippen LogP contribution in [-0.2, 0) is 6.54 Å². The predicted octanol–water partition coefficient (Wildman–Crippen LogP) is 4.21. The highest BCUT2D eigenvalue weighted by Gasteiger charge is 2.07. The molecule has 0 fully saturated rings. The molecule has 0 saturated heterocycles. The summed E-state index contributed by atoms with van der Waals surface area (Å²) in [4.78, 5) is 5.45. The van der Waals surface area contributed by atoms with E-state index in [9.17, 15) is 0 Å². The van der Waals surface area contributed by atoms with Crippen molar-refractivity contribution in [3.8, 4) is 0 Å². The van der Waals surface area contributed by atoms with Gasteiger partial charge in [-0.2, -0.15) is 0 Å². The number of anilines is 2. The number of nitrogens with one attached hydrogen (secondary N) is 1. The van der Waals surface area contributed by atoms with Crippen LogP contribution in [0.4, 0.5) is 11.4 Å². The second-order valence-corrected chi connectivity index (χ2v) is 6.47. The van der Waals surface area contributed by atoms with Gasteiger partial charge in [-0.05, 0) is 24.3 Å². The van der Waals surface area contributed by atoms with Crippen LogP contribution in [0.1, 0.15) is 4.88 Å². The molecular weight excluding hydrogens is 286 g/mol. The molecule has 6 heteroatoms. The lowest BCUT2D eigenvalue weighted by atomic mass is 10.2. The van der Waals surface area contributed by atoms with Gasteiger partial charge in [-0.1, -0.05) is 11.6 Å². The number of nitrogen functional groups attached to an aromatic ring is 1. The summed E-state index contributed by atoms with van der Waals surface area (Å²) in [5.74, 6) is 0. The van der Waals surface area contributed by atoms with Gasteiger partial charge in [0.2, 0.25) is 0 Å². The standard InChI is InChI=1S/C12H10ClN3S2/c13-10-4-1-7(18-10)5-15-8-2-3-9-12(11(8)14)16-6-17-9/h1-4,6,15H,5,14H2. The number of benzene rings is 1. The molecule has 2 aromatic heterocycles. The van der Waals surface area contributed by atoms with Crippen molar-refractivity contribution in [3.63, 3.8) is 0 Å². The fourth-order valence-electron chi connectivity index (χ4n) is 1.74. The van der Waals surface area contributed by atoms with Crippen LogP contribution in [0.25, 0.3) is 10.2 Å². The summed E-state index contributed by atoms with van der Waals surface area (Å²) >= 11 is 9.05. The van der Waals surface area contributed by atoms with E-state index in [1.807, 2.05) is 29.8 Å². The second kappa shape index (κ2) is 4.76. The quantitative estimate of drug-likeness (QED) is 0.712. The van der Waals surface area contributed by atoms with Gasteiger partial charge >= 0.3 is 0 Å². The topological polar surface area (TPSA) is 50.9 Å². The monoisotopic (exact) mass is 295 g/mol. The van der Waals surface area contributed by atoms with E-state index in [0.717, 1.165) is 26.8 Å². The van der Waals surface area contributed by atoms with Crippen LogP contribution in [0.3, 0.4) is 0 Å². The van der Waals surface area contributed by atoms with Crippen molar-refractivity contribution in [2.75, 3.05) is 11.1 Å². The summed E-state index contributed by atoms with van der Waals surface area (Å²) in [6.45, 7) is 0.719. The Hall–Kier alpha value is -1.30. The third-order valence-corrected chi connectivity index (χ3v) is 4.65. The predicted molar refractivity (Wildman–Crippen MR) is 80.7 cm³/mol. The van der Waals surface area contributed by atoms with Crippen LogP contribution in [-0.4, -0.2) is 4.98 Å². The first-order valence-electron chi connectivity index (χ1n) is 5.34. The Balaban J connectivity index is 1.84. The van der Waals surface area contributed by atoms with Crippen LogP contribution in [0.2, 0.25) is 4.34 Å². The number of rotatable bonds is 3. The van der Waals surface area contributed by atoms with Crippen molar-refractivity contribution in [2.24, 2.45) is 0 Å². The van der Waals surface area contributed by atoms with Crippen LogP contribution >= 0.6 is 34.3 Å². The Labute approximate surface area is 117 Å². The van der Waals surface area contributed by atoms with Gasteiger partial charge in [0.1, 0.15) is 5.52 Å². The summed E-state index contributed by atoms with van der Waals surface area (Å²) in [6.07, 6.45) is 0. The Morgan fingerprint density at radius 1 is 1.28 bits per heavy atom. The number of thiazole rings is 1. The van der Waals surface area contributed by atoms with E-state index in [2.05, 4.69) is 10.3 Å². The molecule has 0 unspecified atom stereocenters. The minimum atomic E-state index is 0.705. The van der Waals surface area contributed by atoms with E-state index in [1.165, 1.54) is 4.88 Å². The molecule has 18 heavy (non-hydrogen) atoms. The van der Waals surface area contributed by atoms with E-state index in [-0.39, 0.29) is 0 Å². The zero-order chi connectivity index (χ0) is 12.5. The van der Waals surface area contributed by atoms with Gasteiger partial charge in [0, 0.05) is 11.4 Å². The molecule has 0 bridgehead atoms. The Morgan fingerprint density at radius 3 is 2.94 bits per heavy atom. The molecule has 0 radical (unpaired) electrons. The van der Waals surface area contributed by atoms with Gasteiger partial charge in [-0.15, -0.1) is 22.7 Å². The van der Waals surface area contributed by atoms with Gasteiger partial charge < -0.3 is 11.1 Å². The minimum Gasteiger partial charge on any atom is -0.395 e. The van der Waals surface area contributed by atoms with Gasteiger partial charge in [0.05, 0.1) is 25.9 Å². The van der Waals surface area contributed by atoms with E-state index in [1.54, 1.807) is 22.7 Å². The molecule has 0 atom stereocenters. The maximum atomic E-state index is 6.09. The molecule has 0 aliphatic carbocycles. The number of hydrogen-bond donors (Lipinski definition) is 2. The largest absolute Gasteiger partial charge is 0.395 e. The lowest BCUT2D eigenvalue weighted by molar-refractivity contribution is 1.20. The lowest BCUT2D eigenvalue weighted by Crippen LogP contribution is -2.01. The molecule has 0 amide bonds. The number of hydrogen-bond acceptors (Lipinski definition) is 5. The van der Waals surface area contributed by atoms with Gasteiger partial charge in [0.25, 0.3) is 0 Å². The van der Waals surface area contributed by atoms with Crippen LogP contribution in [0.15, 0.2) is 29.8 Å². The summed E-state index contributed by atoms with van der Waals surface area (Å²) in [7, 11) is 0. The molecule has 0 spiro atoms. The summed E-state index contributed by atoms with van der Waals surface area (Å²) in [5, 5.41) is 3.32. The molecule has 3 aromatic rings. The van der Waals surface area contributed by atoms with Crippen molar-refractivity contribution >= 4 is 55.9 Å². The minimum absolute atomic E-state index is 0.705. The van der Waals surface area contributed by atoms with E-state index in [0.29, 0.717) is 5.69 Å². The van der Waals surface area contributed by atoms with E-state index >= 15 is 0 Å². The first-order valence-corrected chi connectivity index (χ1v) is 7.41. The number of fused-ring (bicyclic) bond motifs is 1. The lowest BCUT2D eigenvalue weighted by Gasteiger charge is -2.08. The molecule has 3 nitrogen and oxygen atoms in total. The van der Waals surface area contributed by atoms with Crippen molar-refractivity contribution < 1.29 is 0 Å². The third-order valence-electron chi connectivity index (χ3n) is 2.62. The average Bonchev–Trinajstić information content (AvgIpc) is 2.97. The van der Waals surface area contributed by atoms with Crippen LogP contribution in [0.5, 0.6) is 0 Å². The zero-order valence-electron chi connectivity index (χ0n) is 9.31. The molecule has 3 rings (SSSR count). The molecule has 0 aliphatic rings. The zero-order valence-corrected chi connectivity index (χ0v) is 11.7. The highest BCUT2D eigenvalue weighted by Crippen LogP contribution is 2.30. The highest BCUT2D eigenvalue weighted by molar-refractivity contribution is 7.17.